The van der Waals surface area contributed by atoms with E-state index in [1.807, 2.05) is 48.5 Å². The number of phenols is 2. The first-order valence-electron chi connectivity index (χ1n) is 22.0. The predicted molar refractivity (Wildman–Crippen MR) is 239 cm³/mol. The molecule has 0 spiro atoms. The molecule has 0 aromatic heterocycles. The van der Waals surface area contributed by atoms with Crippen LogP contribution in [0.3, 0.4) is 0 Å². The second kappa shape index (κ2) is 27.2. The Balaban J connectivity index is 1.23. The van der Waals surface area contributed by atoms with Crippen LogP contribution in [0, 0.1) is 0 Å². The average molecular weight is 820 g/mol. The lowest BCUT2D eigenvalue weighted by Crippen LogP contribution is -1.99. The third-order valence-corrected chi connectivity index (χ3v) is 11.6. The predicted octanol–water partition coefficient (Wildman–Crippen LogP) is 16.0. The fourth-order valence-corrected chi connectivity index (χ4v) is 7.70. The summed E-state index contributed by atoms with van der Waals surface area (Å²) in [7, 11) is 0. The maximum absolute atomic E-state index is 10.8. The number of unbranched alkanes of at least 4 members (excludes halogenated alkanes) is 18. The lowest BCUT2D eigenvalue weighted by Gasteiger charge is -2.16. The Morgan fingerprint density at radius 2 is 0.719 bits per heavy atom. The lowest BCUT2D eigenvalue weighted by atomic mass is 10.0. The van der Waals surface area contributed by atoms with E-state index in [1.54, 1.807) is 24.3 Å². The minimum Gasteiger partial charge on any atom is -0.508 e. The van der Waals surface area contributed by atoms with E-state index in [-0.39, 0.29) is 11.5 Å². The molecular formula is C50H68Cl2O5. The molecule has 0 atom stereocenters. The zero-order valence-electron chi connectivity index (χ0n) is 34.8. The highest BCUT2D eigenvalue weighted by atomic mass is 35.5. The first-order chi connectivity index (χ1) is 27.9. The molecule has 0 aliphatic heterocycles. The van der Waals surface area contributed by atoms with Gasteiger partial charge in [0.25, 0.3) is 0 Å². The van der Waals surface area contributed by atoms with Crippen molar-refractivity contribution in [2.75, 3.05) is 13.2 Å². The Bertz CT molecular complexity index is 1560. The smallest absolute Gasteiger partial charge is 0.146 e. The molecule has 5 nitrogen and oxygen atoms in total. The van der Waals surface area contributed by atoms with Crippen LogP contribution in [0.4, 0.5) is 0 Å². The SMILES string of the molecule is CCCCCCCCCCCCOc1ccc(Cc2c(O)ccc(Oc3ccc(O)c(Cc4ccc(OCCCCCCCCCCCC)cc4)c3Cl)c2Cl)cc1. The van der Waals surface area contributed by atoms with Crippen molar-refractivity contribution < 1.29 is 24.4 Å². The molecule has 2 N–H and O–H groups in total. The van der Waals surface area contributed by atoms with Gasteiger partial charge in [-0.3, -0.25) is 0 Å². The fourth-order valence-electron chi connectivity index (χ4n) is 7.17. The lowest BCUT2D eigenvalue weighted by molar-refractivity contribution is 0.304. The molecule has 4 rings (SSSR count). The minimum atomic E-state index is 0.0852. The second-order valence-corrected chi connectivity index (χ2v) is 16.3. The van der Waals surface area contributed by atoms with Crippen molar-refractivity contribution in [2.45, 2.75) is 155 Å². The first kappa shape index (κ1) is 46.2. The average Bonchev–Trinajstić information content (AvgIpc) is 3.22. The van der Waals surface area contributed by atoms with Crippen molar-refractivity contribution >= 4 is 23.2 Å². The van der Waals surface area contributed by atoms with Crippen LogP contribution < -0.4 is 14.2 Å². The molecule has 0 aliphatic rings. The molecule has 0 heterocycles. The molecule has 7 heteroatoms. The van der Waals surface area contributed by atoms with Crippen LogP contribution in [-0.4, -0.2) is 23.4 Å². The molecule has 4 aromatic carbocycles. The molecular weight excluding hydrogens is 751 g/mol. The molecule has 312 valence electrons. The van der Waals surface area contributed by atoms with E-state index in [4.69, 9.17) is 37.4 Å². The van der Waals surface area contributed by atoms with Gasteiger partial charge in [-0.25, -0.2) is 0 Å². The quantitative estimate of drug-likeness (QED) is 0.0513. The monoisotopic (exact) mass is 818 g/mol. The summed E-state index contributed by atoms with van der Waals surface area (Å²) < 4.78 is 18.2. The molecule has 0 bridgehead atoms. The number of rotatable bonds is 30. The van der Waals surface area contributed by atoms with Crippen LogP contribution in [0.5, 0.6) is 34.5 Å². The molecule has 57 heavy (non-hydrogen) atoms. The van der Waals surface area contributed by atoms with Gasteiger partial charge in [0.1, 0.15) is 34.5 Å². The maximum Gasteiger partial charge on any atom is 0.146 e. The molecule has 0 saturated heterocycles. The van der Waals surface area contributed by atoms with Gasteiger partial charge in [-0.15, -0.1) is 0 Å². The molecule has 0 unspecified atom stereocenters. The van der Waals surface area contributed by atoms with Crippen molar-refractivity contribution in [3.05, 3.63) is 105 Å². The number of benzene rings is 4. The highest BCUT2D eigenvalue weighted by molar-refractivity contribution is 6.34. The van der Waals surface area contributed by atoms with Crippen LogP contribution >= 0.6 is 23.2 Å². The number of ether oxygens (including phenoxy) is 3. The standard InChI is InChI=1S/C50H68Cl2O5/c1-3-5-7-9-11-13-15-17-19-21-35-55-41-27-23-39(24-28-41)37-43-45(53)31-33-47(49(43)51)57-48-34-32-46(54)44(50(48)52)38-40-25-29-42(30-26-40)56-36-22-20-18-16-14-12-10-8-6-4-2/h23-34,53-54H,3-22,35-38H2,1-2H3. The summed E-state index contributed by atoms with van der Waals surface area (Å²) in [6.45, 7) is 5.95. The normalized spacial score (nSPS) is 11.2. The van der Waals surface area contributed by atoms with Gasteiger partial charge in [0, 0.05) is 24.0 Å². The maximum atomic E-state index is 10.8. The van der Waals surface area contributed by atoms with Crippen molar-refractivity contribution in [3.63, 3.8) is 0 Å². The van der Waals surface area contributed by atoms with Gasteiger partial charge in [-0.2, -0.15) is 0 Å². The van der Waals surface area contributed by atoms with Crippen LogP contribution in [-0.2, 0) is 12.8 Å². The summed E-state index contributed by atoms with van der Waals surface area (Å²) in [5, 5.41) is 22.2. The second-order valence-electron chi connectivity index (χ2n) is 15.6. The number of aromatic hydroxyl groups is 2. The van der Waals surface area contributed by atoms with E-state index >= 15 is 0 Å². The largest absolute Gasteiger partial charge is 0.508 e. The summed E-state index contributed by atoms with van der Waals surface area (Å²) >= 11 is 13.7. The third-order valence-electron chi connectivity index (χ3n) is 10.7. The Kier molecular flexibility index (Phi) is 22.0. The highest BCUT2D eigenvalue weighted by Gasteiger charge is 2.18. The summed E-state index contributed by atoms with van der Waals surface area (Å²) in [5.41, 5.74) is 3.07. The molecule has 4 aromatic rings. The Labute approximate surface area is 354 Å². The summed E-state index contributed by atoms with van der Waals surface area (Å²) in [5.74, 6) is 2.57. The Morgan fingerprint density at radius 1 is 0.404 bits per heavy atom. The molecule has 0 saturated carbocycles. The number of phenolic OH excluding ortho intramolecular Hbond substituents is 2. The zero-order valence-corrected chi connectivity index (χ0v) is 36.3. The van der Waals surface area contributed by atoms with Crippen molar-refractivity contribution in [3.8, 4) is 34.5 Å². The number of halogens is 2. The van der Waals surface area contributed by atoms with Gasteiger partial charge < -0.3 is 24.4 Å². The van der Waals surface area contributed by atoms with Crippen LogP contribution in [0.1, 0.15) is 165 Å². The third kappa shape index (κ3) is 17.1. The highest BCUT2D eigenvalue weighted by Crippen LogP contribution is 2.42. The topological polar surface area (TPSA) is 68.2 Å². The van der Waals surface area contributed by atoms with Crippen molar-refractivity contribution in [1.29, 1.82) is 0 Å². The molecule has 0 aliphatic carbocycles. The minimum absolute atomic E-state index is 0.0852. The Morgan fingerprint density at radius 3 is 1.05 bits per heavy atom. The first-order valence-corrected chi connectivity index (χ1v) is 22.8. The summed E-state index contributed by atoms with van der Waals surface area (Å²) in [6, 6.07) is 22.3. The molecule has 0 radical (unpaired) electrons. The van der Waals surface area contributed by atoms with Gasteiger partial charge in [0.2, 0.25) is 0 Å². The van der Waals surface area contributed by atoms with E-state index in [0.717, 1.165) is 35.5 Å². The van der Waals surface area contributed by atoms with E-state index in [9.17, 15) is 10.2 Å². The van der Waals surface area contributed by atoms with Crippen molar-refractivity contribution in [1.82, 2.24) is 0 Å². The summed E-state index contributed by atoms with van der Waals surface area (Å²) in [4.78, 5) is 0. The van der Waals surface area contributed by atoms with Gasteiger partial charge in [0.05, 0.1) is 23.3 Å². The van der Waals surface area contributed by atoms with Crippen LogP contribution in [0.25, 0.3) is 0 Å². The molecule has 0 amide bonds. The Hall–Kier alpha value is -3.54. The van der Waals surface area contributed by atoms with Gasteiger partial charge in [-0.05, 0) is 72.5 Å². The van der Waals surface area contributed by atoms with Crippen LogP contribution in [0.15, 0.2) is 72.8 Å². The summed E-state index contributed by atoms with van der Waals surface area (Å²) in [6.07, 6.45) is 26.8. The van der Waals surface area contributed by atoms with Gasteiger partial charge >= 0.3 is 0 Å². The zero-order chi connectivity index (χ0) is 40.5. The van der Waals surface area contributed by atoms with Gasteiger partial charge in [0.15, 0.2) is 0 Å². The van der Waals surface area contributed by atoms with E-state index in [2.05, 4.69) is 13.8 Å². The van der Waals surface area contributed by atoms with Crippen LogP contribution in [0.2, 0.25) is 10.0 Å². The van der Waals surface area contributed by atoms with E-state index in [1.165, 1.54) is 116 Å². The van der Waals surface area contributed by atoms with Crippen molar-refractivity contribution in [2.24, 2.45) is 0 Å². The number of hydrogen-bond acceptors (Lipinski definition) is 5. The number of hydrogen-bond donors (Lipinski definition) is 2. The fraction of sp³-hybridized carbons (Fsp3) is 0.520. The van der Waals surface area contributed by atoms with Gasteiger partial charge in [-0.1, -0.05) is 177 Å². The molecule has 0 fully saturated rings. The van der Waals surface area contributed by atoms with E-state index < -0.39 is 0 Å². The van der Waals surface area contributed by atoms with E-state index in [0.29, 0.717) is 58.7 Å².